The maximum Gasteiger partial charge on any atom is 0.257 e. The van der Waals surface area contributed by atoms with Gasteiger partial charge < -0.3 is 5.32 Å². The molecule has 2 aliphatic carbocycles. The van der Waals surface area contributed by atoms with Crippen LogP contribution in [0.4, 0.5) is 10.1 Å². The fourth-order valence-electron chi connectivity index (χ4n) is 3.25. The highest BCUT2D eigenvalue weighted by Crippen LogP contribution is 2.45. The van der Waals surface area contributed by atoms with Crippen LogP contribution in [-0.2, 0) is 4.79 Å². The van der Waals surface area contributed by atoms with Crippen LogP contribution in [0.5, 0.6) is 0 Å². The van der Waals surface area contributed by atoms with E-state index in [1.54, 1.807) is 35.0 Å². The van der Waals surface area contributed by atoms with Crippen LogP contribution < -0.4 is 5.32 Å². The average molecular weight is 413 g/mol. The molecule has 0 aliphatic heterocycles. The summed E-state index contributed by atoms with van der Waals surface area (Å²) in [5, 5.41) is 7.36. The third-order valence-electron chi connectivity index (χ3n) is 5.10. The molecule has 2 aromatic rings. The maximum absolute atomic E-state index is 14.9. The van der Waals surface area contributed by atoms with Gasteiger partial charge >= 0.3 is 0 Å². The van der Waals surface area contributed by atoms with Crippen molar-refractivity contribution in [2.75, 3.05) is 5.32 Å². The minimum absolute atomic E-state index is 0.264. The van der Waals surface area contributed by atoms with Crippen molar-refractivity contribution < 1.29 is 9.18 Å². The number of nitrogens with zero attached hydrogens (tertiary/aromatic N) is 3. The van der Waals surface area contributed by atoms with Gasteiger partial charge in [0, 0.05) is 35.0 Å². The lowest BCUT2D eigenvalue weighted by atomic mass is 10.2. The molecule has 1 amide bonds. The first-order valence-corrected chi connectivity index (χ1v) is 10.1. The standard InChI is InChI=1S/C22H22ClFN4O/c1-2-3-4-16(13-25-23)22(29)26-17-9-10-20(18(24)11-17)28-21(15-7-8-15)12-19(27-28)14-5-6-14/h2-4,9-15H,5-8H2,1H3,(H,26,29)/b3-2-,16-4+,25-13?. The molecule has 2 aliphatic rings. The molecule has 0 spiro atoms. The Hall–Kier alpha value is -2.73. The molecule has 4 rings (SSSR count). The van der Waals surface area contributed by atoms with Gasteiger partial charge in [0.25, 0.3) is 5.91 Å². The van der Waals surface area contributed by atoms with E-state index in [0.717, 1.165) is 37.1 Å². The van der Waals surface area contributed by atoms with Gasteiger partial charge in [0.2, 0.25) is 0 Å². The molecule has 150 valence electrons. The Labute approximate surface area is 174 Å². The van der Waals surface area contributed by atoms with Crippen molar-refractivity contribution in [1.82, 2.24) is 9.78 Å². The fourth-order valence-corrected chi connectivity index (χ4v) is 3.35. The molecule has 0 bridgehead atoms. The number of hydrogen-bond donors (Lipinski definition) is 1. The smallest absolute Gasteiger partial charge is 0.257 e. The number of amides is 1. The van der Waals surface area contributed by atoms with E-state index in [4.69, 9.17) is 11.8 Å². The van der Waals surface area contributed by atoms with E-state index >= 15 is 0 Å². The Morgan fingerprint density at radius 3 is 2.66 bits per heavy atom. The van der Waals surface area contributed by atoms with Gasteiger partial charge in [0.15, 0.2) is 5.82 Å². The van der Waals surface area contributed by atoms with Crippen LogP contribution >= 0.6 is 11.8 Å². The van der Waals surface area contributed by atoms with Crippen molar-refractivity contribution in [2.45, 2.75) is 44.4 Å². The zero-order chi connectivity index (χ0) is 20.4. The van der Waals surface area contributed by atoms with Crippen molar-refractivity contribution in [3.63, 3.8) is 0 Å². The SMILES string of the molecule is C/C=C\C=C(/C=NCl)C(=O)Nc1ccc(-n2nc(C3CC3)cc2C2CC2)c(F)c1. The number of benzene rings is 1. The van der Waals surface area contributed by atoms with Crippen molar-refractivity contribution in [1.29, 1.82) is 0 Å². The second kappa shape index (κ2) is 8.33. The van der Waals surface area contributed by atoms with Gasteiger partial charge in [-0.3, -0.25) is 4.79 Å². The molecule has 7 heteroatoms. The van der Waals surface area contributed by atoms with Crippen LogP contribution in [0.15, 0.2) is 52.6 Å². The van der Waals surface area contributed by atoms with Gasteiger partial charge in [0.05, 0.1) is 17.5 Å². The lowest BCUT2D eigenvalue weighted by Crippen LogP contribution is -2.15. The number of halogens is 2. The molecule has 0 unspecified atom stereocenters. The molecular formula is C22H22ClFN4O. The molecule has 0 radical (unpaired) electrons. The Morgan fingerprint density at radius 2 is 2.03 bits per heavy atom. The Bertz CT molecular complexity index is 1020. The first-order valence-electron chi connectivity index (χ1n) is 9.79. The van der Waals surface area contributed by atoms with E-state index in [9.17, 15) is 9.18 Å². The number of carbonyl (C=O) groups is 1. The Balaban J connectivity index is 1.58. The van der Waals surface area contributed by atoms with Gasteiger partial charge in [0.1, 0.15) is 5.69 Å². The highest BCUT2D eigenvalue weighted by Gasteiger charge is 2.33. The molecule has 1 N–H and O–H groups in total. The van der Waals surface area contributed by atoms with Crippen LogP contribution in [0.3, 0.4) is 0 Å². The summed E-state index contributed by atoms with van der Waals surface area (Å²) >= 11 is 5.36. The lowest BCUT2D eigenvalue weighted by Gasteiger charge is -2.10. The van der Waals surface area contributed by atoms with E-state index in [-0.39, 0.29) is 5.57 Å². The lowest BCUT2D eigenvalue weighted by molar-refractivity contribution is -0.112. The van der Waals surface area contributed by atoms with Crippen LogP contribution in [0.25, 0.3) is 5.69 Å². The van der Waals surface area contributed by atoms with Gasteiger partial charge in [-0.1, -0.05) is 12.2 Å². The number of hydrogen-bond acceptors (Lipinski definition) is 3. The van der Waals surface area contributed by atoms with Crippen LogP contribution in [0.2, 0.25) is 0 Å². The average Bonchev–Trinajstić information content (AvgIpc) is 3.63. The van der Waals surface area contributed by atoms with Crippen LogP contribution in [0, 0.1) is 5.82 Å². The minimum Gasteiger partial charge on any atom is -0.322 e. The predicted molar refractivity (Wildman–Crippen MR) is 113 cm³/mol. The summed E-state index contributed by atoms with van der Waals surface area (Å²) in [4.78, 5) is 12.4. The van der Waals surface area contributed by atoms with E-state index in [1.165, 1.54) is 12.3 Å². The Morgan fingerprint density at radius 1 is 1.28 bits per heavy atom. The summed E-state index contributed by atoms with van der Waals surface area (Å²) in [7, 11) is 0. The highest BCUT2D eigenvalue weighted by molar-refractivity contribution is 6.24. The molecule has 1 aromatic heterocycles. The van der Waals surface area contributed by atoms with E-state index in [1.807, 2.05) is 6.92 Å². The van der Waals surface area contributed by atoms with E-state index in [2.05, 4.69) is 21.0 Å². The summed E-state index contributed by atoms with van der Waals surface area (Å²) in [6, 6.07) is 6.78. The molecule has 5 nitrogen and oxygen atoms in total. The van der Waals surface area contributed by atoms with Crippen molar-refractivity contribution in [2.24, 2.45) is 4.51 Å². The van der Waals surface area contributed by atoms with Crippen LogP contribution in [-0.4, -0.2) is 21.9 Å². The predicted octanol–water partition coefficient (Wildman–Crippen LogP) is 5.43. The van der Waals surface area contributed by atoms with Crippen LogP contribution in [0.1, 0.15) is 55.8 Å². The highest BCUT2D eigenvalue weighted by atomic mass is 35.5. The number of anilines is 1. The second-order valence-corrected chi connectivity index (χ2v) is 7.64. The molecule has 29 heavy (non-hydrogen) atoms. The number of rotatable bonds is 7. The monoisotopic (exact) mass is 412 g/mol. The van der Waals surface area contributed by atoms with E-state index in [0.29, 0.717) is 23.2 Å². The fraction of sp³-hybridized carbons (Fsp3) is 0.318. The third kappa shape index (κ3) is 4.48. The number of aromatic nitrogens is 2. The minimum atomic E-state index is -0.430. The van der Waals surface area contributed by atoms with E-state index < -0.39 is 11.7 Å². The molecule has 0 atom stereocenters. The molecule has 2 saturated carbocycles. The largest absolute Gasteiger partial charge is 0.322 e. The topological polar surface area (TPSA) is 59.3 Å². The quantitative estimate of drug-likeness (QED) is 0.374. The summed E-state index contributed by atoms with van der Waals surface area (Å²) in [5.74, 6) is 0.123. The summed E-state index contributed by atoms with van der Waals surface area (Å²) < 4.78 is 20.1. The van der Waals surface area contributed by atoms with Gasteiger partial charge in [-0.05, 0) is 62.9 Å². The van der Waals surface area contributed by atoms with Crippen molar-refractivity contribution >= 4 is 29.6 Å². The van der Waals surface area contributed by atoms with Crippen molar-refractivity contribution in [3.05, 3.63) is 65.3 Å². The summed E-state index contributed by atoms with van der Waals surface area (Å²) in [6.07, 6.45) is 10.9. The number of allylic oxidation sites excluding steroid dienone is 3. The third-order valence-corrected chi connectivity index (χ3v) is 5.20. The first kappa shape index (κ1) is 19.6. The molecule has 1 heterocycles. The molecule has 0 saturated heterocycles. The zero-order valence-electron chi connectivity index (χ0n) is 16.1. The number of nitrogens with one attached hydrogen (secondary N) is 1. The maximum atomic E-state index is 14.9. The van der Waals surface area contributed by atoms with Crippen molar-refractivity contribution in [3.8, 4) is 5.69 Å². The number of carbonyl (C=O) groups excluding carboxylic acids is 1. The Kier molecular flexibility index (Phi) is 5.62. The van der Waals surface area contributed by atoms with Gasteiger partial charge in [-0.2, -0.15) is 9.61 Å². The van der Waals surface area contributed by atoms with Gasteiger partial charge in [-0.25, -0.2) is 9.07 Å². The second-order valence-electron chi connectivity index (χ2n) is 7.45. The first-order chi connectivity index (χ1) is 14.1. The summed E-state index contributed by atoms with van der Waals surface area (Å²) in [5.41, 5.74) is 3.16. The molecular weight excluding hydrogens is 391 g/mol. The molecule has 1 aromatic carbocycles. The normalized spacial score (nSPS) is 17.4. The zero-order valence-corrected chi connectivity index (χ0v) is 16.9. The molecule has 2 fully saturated rings. The van der Waals surface area contributed by atoms with Gasteiger partial charge in [-0.15, -0.1) is 0 Å². The summed E-state index contributed by atoms with van der Waals surface area (Å²) in [6.45, 7) is 1.83.